The molecule has 0 bridgehead atoms. The Labute approximate surface area is 240 Å². The predicted octanol–water partition coefficient (Wildman–Crippen LogP) is 11.2. The number of hydrogen-bond acceptors (Lipinski definition) is 3. The van der Waals surface area contributed by atoms with Gasteiger partial charge in [-0.2, -0.15) is 0 Å². The second-order valence-corrected chi connectivity index (χ2v) is 12.6. The van der Waals surface area contributed by atoms with E-state index in [1.54, 1.807) is 0 Å². The molecule has 0 rings (SSSR count). The van der Waals surface area contributed by atoms with E-state index in [1.165, 1.54) is 154 Å². The molecule has 0 saturated heterocycles. The molecule has 0 aliphatic carbocycles. The van der Waals surface area contributed by atoms with Crippen molar-refractivity contribution in [1.82, 2.24) is 0 Å². The van der Waals surface area contributed by atoms with Gasteiger partial charge in [0.1, 0.15) is 0 Å². The fourth-order valence-corrected chi connectivity index (χ4v) is 5.21. The van der Waals surface area contributed by atoms with E-state index in [1.807, 2.05) is 0 Å². The van der Waals surface area contributed by atoms with Gasteiger partial charge in [0.15, 0.2) is 0 Å². The molecule has 0 aromatic carbocycles. The van der Waals surface area contributed by atoms with Crippen LogP contribution in [0, 0.1) is 5.41 Å². The lowest BCUT2D eigenvalue weighted by Crippen LogP contribution is -2.33. The van der Waals surface area contributed by atoms with Crippen LogP contribution in [0.2, 0.25) is 0 Å². The summed E-state index contributed by atoms with van der Waals surface area (Å²) >= 11 is 0. The van der Waals surface area contributed by atoms with Crippen LogP contribution in [0.3, 0.4) is 0 Å². The molecule has 0 aromatic heterocycles. The quantitative estimate of drug-likeness (QED) is 0.0841. The maximum atomic E-state index is 9.86. The maximum absolute atomic E-state index is 9.86. The van der Waals surface area contributed by atoms with Crippen LogP contribution in [0.1, 0.15) is 188 Å². The van der Waals surface area contributed by atoms with Gasteiger partial charge < -0.3 is 14.6 Å². The van der Waals surface area contributed by atoms with E-state index in [-0.39, 0.29) is 12.0 Å². The van der Waals surface area contributed by atoms with E-state index in [0.29, 0.717) is 13.2 Å². The van der Waals surface area contributed by atoms with Crippen LogP contribution in [0.4, 0.5) is 0 Å². The van der Waals surface area contributed by atoms with Crippen LogP contribution < -0.4 is 0 Å². The number of hydrogen-bond donors (Lipinski definition) is 1. The molecule has 0 heterocycles. The van der Waals surface area contributed by atoms with Crippen molar-refractivity contribution >= 4 is 0 Å². The molecule has 1 N–H and O–H groups in total. The summed E-state index contributed by atoms with van der Waals surface area (Å²) in [7, 11) is 0. The number of ether oxygens (including phenoxy) is 2. The molecule has 0 aliphatic heterocycles. The normalized spacial score (nSPS) is 12.0. The summed E-state index contributed by atoms with van der Waals surface area (Å²) in [4.78, 5) is 0. The lowest BCUT2D eigenvalue weighted by atomic mass is 9.94. The topological polar surface area (TPSA) is 38.7 Å². The van der Waals surface area contributed by atoms with E-state index in [2.05, 4.69) is 20.8 Å². The summed E-state index contributed by atoms with van der Waals surface area (Å²) in [5.41, 5.74) is -0.271. The first-order chi connectivity index (χ1) is 18.7. The highest BCUT2D eigenvalue weighted by atomic mass is 16.5. The van der Waals surface area contributed by atoms with Crippen LogP contribution in [-0.4, -0.2) is 38.1 Å². The Morgan fingerprint density at radius 2 is 0.632 bits per heavy atom. The summed E-state index contributed by atoms with van der Waals surface area (Å²) in [6, 6.07) is 0. The van der Waals surface area contributed by atoms with Crippen molar-refractivity contribution in [3.63, 3.8) is 0 Å². The number of aliphatic hydroxyl groups excluding tert-OH is 1. The number of unbranched alkanes of at least 4 members (excludes halogenated alkanes) is 24. The van der Waals surface area contributed by atoms with E-state index in [0.717, 1.165) is 26.1 Å². The minimum absolute atomic E-state index is 0.129. The van der Waals surface area contributed by atoms with Gasteiger partial charge in [0.2, 0.25) is 0 Å². The summed E-state index contributed by atoms with van der Waals surface area (Å²) in [5, 5.41) is 9.86. The van der Waals surface area contributed by atoms with E-state index >= 15 is 0 Å². The average Bonchev–Trinajstić information content (AvgIpc) is 2.93. The van der Waals surface area contributed by atoms with Crippen molar-refractivity contribution in [3.05, 3.63) is 0 Å². The Kier molecular flexibility index (Phi) is 31.3. The molecule has 0 radical (unpaired) electrons. The Morgan fingerprint density at radius 3 is 0.868 bits per heavy atom. The van der Waals surface area contributed by atoms with Crippen LogP contribution in [0.5, 0.6) is 0 Å². The van der Waals surface area contributed by atoms with Crippen molar-refractivity contribution in [1.29, 1.82) is 0 Å². The largest absolute Gasteiger partial charge is 0.396 e. The van der Waals surface area contributed by atoms with Gasteiger partial charge in [0, 0.05) is 18.6 Å². The summed E-state index contributed by atoms with van der Waals surface area (Å²) < 4.78 is 11.8. The molecule has 230 valence electrons. The molecule has 3 nitrogen and oxygen atoms in total. The fourth-order valence-electron chi connectivity index (χ4n) is 5.21. The van der Waals surface area contributed by atoms with Gasteiger partial charge in [-0.05, 0) is 12.8 Å². The monoisotopic (exact) mass is 541 g/mol. The predicted molar refractivity (Wildman–Crippen MR) is 168 cm³/mol. The maximum Gasteiger partial charge on any atom is 0.0563 e. The Balaban J connectivity index is 3.39. The summed E-state index contributed by atoms with van der Waals surface area (Å²) in [6.07, 6.45) is 35.7. The molecular formula is C35H72O3. The molecule has 0 spiro atoms. The molecule has 3 heteroatoms. The van der Waals surface area contributed by atoms with Crippen molar-refractivity contribution in [2.24, 2.45) is 5.41 Å². The molecule has 0 atom stereocenters. The van der Waals surface area contributed by atoms with Crippen LogP contribution >= 0.6 is 0 Å². The lowest BCUT2D eigenvalue weighted by molar-refractivity contribution is -0.0418. The zero-order valence-electron chi connectivity index (χ0n) is 26.7. The first-order valence-corrected chi connectivity index (χ1v) is 17.4. The Hall–Kier alpha value is -0.120. The second-order valence-electron chi connectivity index (χ2n) is 12.6. The van der Waals surface area contributed by atoms with Crippen molar-refractivity contribution in [3.8, 4) is 0 Å². The van der Waals surface area contributed by atoms with Gasteiger partial charge in [-0.1, -0.05) is 175 Å². The van der Waals surface area contributed by atoms with Crippen LogP contribution in [0.15, 0.2) is 0 Å². The molecule has 0 fully saturated rings. The average molecular weight is 541 g/mol. The molecule has 0 aliphatic rings. The highest BCUT2D eigenvalue weighted by molar-refractivity contribution is 4.72. The van der Waals surface area contributed by atoms with E-state index < -0.39 is 0 Å². The fraction of sp³-hybridized carbons (Fsp3) is 1.00. The molecule has 0 aromatic rings. The molecule has 0 amide bonds. The van der Waals surface area contributed by atoms with Gasteiger partial charge in [-0.25, -0.2) is 0 Å². The Morgan fingerprint density at radius 1 is 0.395 bits per heavy atom. The van der Waals surface area contributed by atoms with Crippen molar-refractivity contribution in [2.75, 3.05) is 33.0 Å². The molecule has 0 saturated carbocycles. The minimum atomic E-state index is -0.271. The van der Waals surface area contributed by atoms with Gasteiger partial charge in [0.05, 0.1) is 19.8 Å². The summed E-state index contributed by atoms with van der Waals surface area (Å²) in [6.45, 7) is 9.61. The SMILES string of the molecule is CCCCCCCCCCCCCCCOCC(C)(CO)COCCCCCCCCCCCCCCC. The third-order valence-electron chi connectivity index (χ3n) is 8.07. The molecular weight excluding hydrogens is 468 g/mol. The second kappa shape index (κ2) is 31.4. The third kappa shape index (κ3) is 28.9. The first kappa shape index (κ1) is 37.9. The van der Waals surface area contributed by atoms with E-state index in [4.69, 9.17) is 9.47 Å². The zero-order valence-corrected chi connectivity index (χ0v) is 26.7. The highest BCUT2D eigenvalue weighted by Crippen LogP contribution is 2.18. The van der Waals surface area contributed by atoms with Gasteiger partial charge in [0.25, 0.3) is 0 Å². The van der Waals surface area contributed by atoms with Gasteiger partial charge >= 0.3 is 0 Å². The smallest absolute Gasteiger partial charge is 0.0563 e. The number of aliphatic hydroxyl groups is 1. The first-order valence-electron chi connectivity index (χ1n) is 17.4. The third-order valence-corrected chi connectivity index (χ3v) is 8.07. The molecule has 38 heavy (non-hydrogen) atoms. The van der Waals surface area contributed by atoms with Crippen LogP contribution in [0.25, 0.3) is 0 Å². The van der Waals surface area contributed by atoms with Gasteiger partial charge in [-0.3, -0.25) is 0 Å². The standard InChI is InChI=1S/C35H72O3/c1-4-6-8-10-12-14-16-18-20-22-24-26-28-30-37-33-35(3,32-36)34-38-31-29-27-25-23-21-19-17-15-13-11-9-7-5-2/h36H,4-34H2,1-3H3. The lowest BCUT2D eigenvalue weighted by Gasteiger charge is -2.26. The van der Waals surface area contributed by atoms with E-state index in [9.17, 15) is 5.11 Å². The van der Waals surface area contributed by atoms with Crippen molar-refractivity contribution < 1.29 is 14.6 Å². The van der Waals surface area contributed by atoms with Gasteiger partial charge in [-0.15, -0.1) is 0 Å². The summed E-state index contributed by atoms with van der Waals surface area (Å²) in [5.74, 6) is 0. The Bertz CT molecular complexity index is 391. The van der Waals surface area contributed by atoms with Crippen LogP contribution in [-0.2, 0) is 9.47 Å². The molecule has 0 unspecified atom stereocenters. The zero-order chi connectivity index (χ0) is 27.8. The van der Waals surface area contributed by atoms with Crippen molar-refractivity contribution in [2.45, 2.75) is 188 Å². The highest BCUT2D eigenvalue weighted by Gasteiger charge is 2.24. The minimum Gasteiger partial charge on any atom is -0.396 e. The number of rotatable bonds is 33.